The number of carbonyl (C=O) groups excluding carboxylic acids is 1. The highest BCUT2D eigenvalue weighted by atomic mass is 35.5. The first kappa shape index (κ1) is 25.0. The van der Waals surface area contributed by atoms with Gasteiger partial charge >= 0.3 is 0 Å². The fourth-order valence-electron chi connectivity index (χ4n) is 4.58. The maximum absolute atomic E-state index is 12.0. The second-order valence-electron chi connectivity index (χ2n) is 8.78. The number of ether oxygens (including phenoxy) is 1. The van der Waals surface area contributed by atoms with Crippen molar-refractivity contribution in [2.75, 3.05) is 23.9 Å². The van der Waals surface area contributed by atoms with Gasteiger partial charge < -0.3 is 24.8 Å². The number of hydrogen-bond donors (Lipinski definition) is 2. The third-order valence-electron chi connectivity index (χ3n) is 6.27. The van der Waals surface area contributed by atoms with E-state index in [1.807, 2.05) is 36.4 Å². The lowest BCUT2D eigenvalue weighted by Crippen LogP contribution is -2.30. The highest BCUT2D eigenvalue weighted by Crippen LogP contribution is 2.43. The van der Waals surface area contributed by atoms with Gasteiger partial charge in [0, 0.05) is 36.6 Å². The highest BCUT2D eigenvalue weighted by Gasteiger charge is 2.42. The van der Waals surface area contributed by atoms with E-state index >= 15 is 0 Å². The number of halogens is 1. The van der Waals surface area contributed by atoms with E-state index in [0.717, 1.165) is 22.8 Å². The van der Waals surface area contributed by atoms with Crippen molar-refractivity contribution in [3.63, 3.8) is 0 Å². The number of benzene rings is 2. The molecule has 1 fully saturated rings. The zero-order chi connectivity index (χ0) is 25.9. The number of hydrogen-bond acceptors (Lipinski definition) is 4. The molecule has 1 saturated heterocycles. The third kappa shape index (κ3) is 5.09. The van der Waals surface area contributed by atoms with Gasteiger partial charge in [-0.1, -0.05) is 35.4 Å². The summed E-state index contributed by atoms with van der Waals surface area (Å²) in [7, 11) is 1.47. The van der Waals surface area contributed by atoms with Crippen LogP contribution in [-0.2, 0) is 9.53 Å². The van der Waals surface area contributed by atoms with Gasteiger partial charge in [0.25, 0.3) is 0 Å². The van der Waals surface area contributed by atoms with E-state index in [4.69, 9.17) is 28.6 Å². The summed E-state index contributed by atoms with van der Waals surface area (Å²) in [5.41, 5.74) is 5.47. The Morgan fingerprint density at radius 2 is 1.89 bits per heavy atom. The molecule has 5 rings (SSSR count). The summed E-state index contributed by atoms with van der Waals surface area (Å²) in [4.78, 5) is 18.7. The van der Waals surface area contributed by atoms with Crippen molar-refractivity contribution in [1.82, 2.24) is 14.9 Å². The van der Waals surface area contributed by atoms with E-state index in [1.165, 1.54) is 12.7 Å². The summed E-state index contributed by atoms with van der Waals surface area (Å²) in [5, 5.41) is 7.21. The maximum Gasteiger partial charge on any atom is 0.250 e. The lowest BCUT2D eigenvalue weighted by molar-refractivity contribution is -0.119. The normalized spacial score (nSPS) is 17.1. The lowest BCUT2D eigenvalue weighted by atomic mass is 10.0. The van der Waals surface area contributed by atoms with Gasteiger partial charge in [0.05, 0.1) is 22.4 Å². The number of rotatable bonds is 7. The number of carbonyl (C=O) groups is 1. The quantitative estimate of drug-likeness (QED) is 0.303. The lowest BCUT2D eigenvalue weighted by Gasteiger charge is -2.29. The predicted octanol–water partition coefficient (Wildman–Crippen LogP) is 5.60. The van der Waals surface area contributed by atoms with E-state index in [2.05, 4.69) is 68.5 Å². The first-order chi connectivity index (χ1) is 18.0. The molecule has 1 aliphatic heterocycles. The Hall–Kier alpha value is -3.72. The van der Waals surface area contributed by atoms with Crippen LogP contribution in [0.1, 0.15) is 29.0 Å². The van der Waals surface area contributed by atoms with Gasteiger partial charge in [-0.3, -0.25) is 9.78 Å². The van der Waals surface area contributed by atoms with Crippen LogP contribution in [-0.4, -0.2) is 34.3 Å². The van der Waals surface area contributed by atoms with Gasteiger partial charge in [-0.15, -0.1) is 0 Å². The number of thiocarbonyl (C=S) groups is 1. The number of nitrogens with one attached hydrogen (secondary N) is 2. The molecule has 37 heavy (non-hydrogen) atoms. The average molecular weight is 532 g/mol. The van der Waals surface area contributed by atoms with Gasteiger partial charge in [-0.05, 0) is 73.7 Å². The zero-order valence-electron chi connectivity index (χ0n) is 20.4. The summed E-state index contributed by atoms with van der Waals surface area (Å²) in [6.07, 6.45) is 3.84. The molecular formula is C28H26ClN5O2S. The van der Waals surface area contributed by atoms with Crippen LogP contribution in [0.2, 0.25) is 5.02 Å². The molecule has 2 N–H and O–H groups in total. The molecule has 2 atom stereocenters. The summed E-state index contributed by atoms with van der Waals surface area (Å²) in [6, 6.07) is 23.5. The second kappa shape index (κ2) is 10.7. The van der Waals surface area contributed by atoms with E-state index in [-0.39, 0.29) is 24.6 Å². The van der Waals surface area contributed by atoms with Crippen molar-refractivity contribution in [2.45, 2.75) is 19.0 Å². The molecular weight excluding hydrogens is 506 g/mol. The smallest absolute Gasteiger partial charge is 0.250 e. The molecule has 188 valence electrons. The molecule has 1 aliphatic rings. The number of aromatic nitrogens is 2. The summed E-state index contributed by atoms with van der Waals surface area (Å²) in [6.45, 7) is 2.02. The van der Waals surface area contributed by atoms with Crippen molar-refractivity contribution in [3.05, 3.63) is 107 Å². The minimum atomic E-state index is -0.278. The van der Waals surface area contributed by atoms with E-state index < -0.39 is 0 Å². The molecule has 0 saturated carbocycles. The Balaban J connectivity index is 1.58. The molecule has 7 nitrogen and oxygen atoms in total. The largest absolute Gasteiger partial charge is 0.375 e. The number of aryl methyl sites for hydroxylation is 1. The van der Waals surface area contributed by atoms with Gasteiger partial charge in [-0.2, -0.15) is 0 Å². The molecule has 2 aromatic carbocycles. The Morgan fingerprint density at radius 1 is 1.11 bits per heavy atom. The van der Waals surface area contributed by atoms with Gasteiger partial charge in [-0.25, -0.2) is 0 Å². The minimum absolute atomic E-state index is 0.0535. The van der Waals surface area contributed by atoms with Crippen molar-refractivity contribution < 1.29 is 9.53 Å². The minimum Gasteiger partial charge on any atom is -0.375 e. The topological polar surface area (TPSA) is 71.4 Å². The molecule has 0 radical (unpaired) electrons. The van der Waals surface area contributed by atoms with Crippen molar-refractivity contribution in [2.24, 2.45) is 0 Å². The highest BCUT2D eigenvalue weighted by molar-refractivity contribution is 7.80. The van der Waals surface area contributed by atoms with Crippen LogP contribution in [0.3, 0.4) is 0 Å². The van der Waals surface area contributed by atoms with Crippen LogP contribution in [0.4, 0.5) is 11.4 Å². The molecule has 0 aliphatic carbocycles. The van der Waals surface area contributed by atoms with Gasteiger partial charge in [0.1, 0.15) is 12.6 Å². The molecule has 1 amide bonds. The SMILES string of the molecule is COCC(=O)Nc1ccc(N2C(=S)NC(c3ccccn3)C2c2cccn2-c2ccc(C)cc2)cc1Cl. The number of amides is 1. The standard InChI is InChI=1S/C28H26ClN5O2S/c1-18-8-10-19(11-9-18)33-15-5-7-24(33)27-26(23-6-3-4-14-30-23)32-28(37)34(27)20-12-13-22(21(29)16-20)31-25(35)17-36-2/h3-16,26-27H,17H2,1-2H3,(H,31,35)(H,32,37). The Bertz CT molecular complexity index is 1420. The predicted molar refractivity (Wildman–Crippen MR) is 150 cm³/mol. The molecule has 9 heteroatoms. The van der Waals surface area contributed by atoms with Crippen LogP contribution in [0.15, 0.2) is 85.2 Å². The van der Waals surface area contributed by atoms with Crippen LogP contribution in [0.25, 0.3) is 5.69 Å². The second-order valence-corrected chi connectivity index (χ2v) is 9.57. The van der Waals surface area contributed by atoms with Crippen molar-refractivity contribution in [1.29, 1.82) is 0 Å². The number of anilines is 2. The molecule has 2 aromatic heterocycles. The van der Waals surface area contributed by atoms with Gasteiger partial charge in [0.2, 0.25) is 5.91 Å². The van der Waals surface area contributed by atoms with Crippen LogP contribution >= 0.6 is 23.8 Å². The first-order valence-electron chi connectivity index (χ1n) is 11.8. The van der Waals surface area contributed by atoms with E-state index in [9.17, 15) is 4.79 Å². The Kier molecular flexibility index (Phi) is 7.23. The first-order valence-corrected chi connectivity index (χ1v) is 12.6. The molecule has 4 aromatic rings. The summed E-state index contributed by atoms with van der Waals surface area (Å²) in [5.74, 6) is -0.278. The van der Waals surface area contributed by atoms with Crippen molar-refractivity contribution in [3.8, 4) is 5.69 Å². The van der Waals surface area contributed by atoms with Crippen LogP contribution in [0, 0.1) is 6.92 Å². The molecule has 3 heterocycles. The molecule has 0 spiro atoms. The van der Waals surface area contributed by atoms with Crippen molar-refractivity contribution >= 4 is 46.2 Å². The fraction of sp³-hybridized carbons (Fsp3) is 0.179. The average Bonchev–Trinajstić information content (AvgIpc) is 3.51. The Morgan fingerprint density at radius 3 is 2.59 bits per heavy atom. The molecule has 0 bridgehead atoms. The number of methoxy groups -OCH3 is 1. The fourth-order valence-corrected chi connectivity index (χ4v) is 5.15. The van der Waals surface area contributed by atoms with Crippen LogP contribution < -0.4 is 15.5 Å². The number of nitrogens with zero attached hydrogens (tertiary/aromatic N) is 3. The monoisotopic (exact) mass is 531 g/mol. The summed E-state index contributed by atoms with van der Waals surface area (Å²) >= 11 is 12.5. The van der Waals surface area contributed by atoms with E-state index in [0.29, 0.717) is 15.8 Å². The van der Waals surface area contributed by atoms with Gasteiger partial charge in [0.15, 0.2) is 5.11 Å². The zero-order valence-corrected chi connectivity index (χ0v) is 22.0. The van der Waals surface area contributed by atoms with E-state index in [1.54, 1.807) is 12.3 Å². The molecule has 2 unspecified atom stereocenters. The van der Waals surface area contributed by atoms with Crippen LogP contribution in [0.5, 0.6) is 0 Å². The number of pyridine rings is 1. The summed E-state index contributed by atoms with van der Waals surface area (Å²) < 4.78 is 7.07. The maximum atomic E-state index is 12.0. The third-order valence-corrected chi connectivity index (χ3v) is 6.90. The Labute approximate surface area is 226 Å².